The number of hydrogen-bond acceptors (Lipinski definition) is 3. The minimum atomic E-state index is 0.151. The van der Waals surface area contributed by atoms with Crippen LogP contribution in [0.1, 0.15) is 30.6 Å². The summed E-state index contributed by atoms with van der Waals surface area (Å²) in [6.45, 7) is 0.917. The second kappa shape index (κ2) is 6.17. The number of aliphatic hydroxyl groups is 1. The van der Waals surface area contributed by atoms with Crippen molar-refractivity contribution in [3.63, 3.8) is 0 Å². The fourth-order valence-corrected chi connectivity index (χ4v) is 2.98. The average molecular weight is 253 g/mol. The van der Waals surface area contributed by atoms with Gasteiger partial charge in [0.15, 0.2) is 0 Å². The van der Waals surface area contributed by atoms with E-state index in [0.717, 1.165) is 25.7 Å². The highest BCUT2D eigenvalue weighted by atomic mass is 32.1. The molecule has 1 aliphatic carbocycles. The van der Waals surface area contributed by atoms with Crippen LogP contribution in [0.5, 0.6) is 0 Å². The van der Waals surface area contributed by atoms with E-state index < -0.39 is 0 Å². The van der Waals surface area contributed by atoms with Crippen LogP contribution in [0.3, 0.4) is 0 Å². The zero-order valence-corrected chi connectivity index (χ0v) is 10.7. The molecule has 0 unspecified atom stereocenters. The summed E-state index contributed by atoms with van der Waals surface area (Å²) in [6.07, 6.45) is 3.80. The van der Waals surface area contributed by atoms with Crippen molar-refractivity contribution < 1.29 is 9.90 Å². The fraction of sp³-hybridized carbons (Fsp3) is 0.615. The highest BCUT2D eigenvalue weighted by molar-refractivity contribution is 7.09. The Bertz CT molecular complexity index is 342. The number of rotatable bonds is 4. The molecule has 4 heteroatoms. The zero-order valence-electron chi connectivity index (χ0n) is 9.89. The van der Waals surface area contributed by atoms with Gasteiger partial charge in [0.05, 0.1) is 6.54 Å². The minimum absolute atomic E-state index is 0.151. The highest BCUT2D eigenvalue weighted by Gasteiger charge is 2.25. The molecule has 17 heavy (non-hydrogen) atoms. The van der Waals surface area contributed by atoms with Crippen molar-refractivity contribution in [1.29, 1.82) is 0 Å². The third-order valence-corrected chi connectivity index (χ3v) is 4.37. The topological polar surface area (TPSA) is 49.3 Å². The second-order valence-electron chi connectivity index (χ2n) is 4.70. The summed E-state index contributed by atoms with van der Waals surface area (Å²) in [7, 11) is 0. The Kier molecular flexibility index (Phi) is 4.57. The molecule has 2 N–H and O–H groups in total. The van der Waals surface area contributed by atoms with Crippen molar-refractivity contribution in [2.45, 2.75) is 32.2 Å². The smallest absolute Gasteiger partial charge is 0.223 e. The lowest BCUT2D eigenvalue weighted by molar-refractivity contribution is -0.126. The summed E-state index contributed by atoms with van der Waals surface area (Å²) in [5, 5.41) is 14.1. The second-order valence-corrected chi connectivity index (χ2v) is 5.73. The zero-order chi connectivity index (χ0) is 12.1. The normalized spacial score (nSPS) is 24.5. The number of hydrogen-bond donors (Lipinski definition) is 2. The summed E-state index contributed by atoms with van der Waals surface area (Å²) < 4.78 is 0. The van der Waals surface area contributed by atoms with Crippen LogP contribution in [0.2, 0.25) is 0 Å². The minimum Gasteiger partial charge on any atom is -0.396 e. The third kappa shape index (κ3) is 3.54. The molecule has 1 amide bonds. The number of carbonyl (C=O) groups is 1. The first kappa shape index (κ1) is 12.6. The number of carbonyl (C=O) groups excluding carboxylic acids is 1. The molecule has 1 heterocycles. The van der Waals surface area contributed by atoms with Crippen molar-refractivity contribution >= 4 is 17.2 Å². The van der Waals surface area contributed by atoms with Crippen LogP contribution in [0.4, 0.5) is 0 Å². The third-order valence-electron chi connectivity index (χ3n) is 3.49. The molecule has 3 nitrogen and oxygen atoms in total. The van der Waals surface area contributed by atoms with Gasteiger partial charge in [-0.2, -0.15) is 0 Å². The molecule has 1 aliphatic rings. The molecule has 0 aliphatic heterocycles. The van der Waals surface area contributed by atoms with E-state index in [9.17, 15) is 4.79 Å². The predicted molar refractivity (Wildman–Crippen MR) is 68.7 cm³/mol. The van der Waals surface area contributed by atoms with E-state index in [1.54, 1.807) is 11.3 Å². The molecule has 94 valence electrons. The first-order valence-electron chi connectivity index (χ1n) is 6.20. The molecule has 1 fully saturated rings. The SMILES string of the molecule is O=C(NCc1cccs1)C1CCC(CO)CC1. The Morgan fingerprint density at radius 2 is 2.18 bits per heavy atom. The van der Waals surface area contributed by atoms with E-state index in [0.29, 0.717) is 12.5 Å². The maximum atomic E-state index is 11.9. The summed E-state index contributed by atoms with van der Waals surface area (Å²) in [4.78, 5) is 13.1. The highest BCUT2D eigenvalue weighted by Crippen LogP contribution is 2.28. The molecule has 0 atom stereocenters. The monoisotopic (exact) mass is 253 g/mol. The van der Waals surface area contributed by atoms with E-state index in [4.69, 9.17) is 5.11 Å². The van der Waals surface area contributed by atoms with E-state index in [1.165, 1.54) is 4.88 Å². The maximum Gasteiger partial charge on any atom is 0.223 e. The van der Waals surface area contributed by atoms with Crippen LogP contribution < -0.4 is 5.32 Å². The van der Waals surface area contributed by atoms with Gasteiger partial charge in [0.1, 0.15) is 0 Å². The Balaban J connectivity index is 1.73. The molecule has 0 bridgehead atoms. The van der Waals surface area contributed by atoms with E-state index in [1.807, 2.05) is 17.5 Å². The first-order valence-corrected chi connectivity index (χ1v) is 7.08. The molecule has 0 saturated heterocycles. The van der Waals surface area contributed by atoms with E-state index >= 15 is 0 Å². The molecule has 1 saturated carbocycles. The Hall–Kier alpha value is -0.870. The van der Waals surface area contributed by atoms with Crippen LogP contribution in [0, 0.1) is 11.8 Å². The number of nitrogens with one attached hydrogen (secondary N) is 1. The van der Waals surface area contributed by atoms with Gasteiger partial charge in [0, 0.05) is 17.4 Å². The summed E-state index contributed by atoms with van der Waals surface area (Å²) >= 11 is 1.67. The molecule has 2 rings (SSSR count). The Morgan fingerprint density at radius 1 is 1.41 bits per heavy atom. The van der Waals surface area contributed by atoms with Gasteiger partial charge >= 0.3 is 0 Å². The lowest BCUT2D eigenvalue weighted by atomic mass is 9.82. The molecule has 1 aromatic heterocycles. The van der Waals surface area contributed by atoms with Gasteiger partial charge in [-0.15, -0.1) is 11.3 Å². The largest absolute Gasteiger partial charge is 0.396 e. The van der Waals surface area contributed by atoms with Crippen molar-refractivity contribution in [3.05, 3.63) is 22.4 Å². The number of thiophene rings is 1. The van der Waals surface area contributed by atoms with Gasteiger partial charge in [-0.1, -0.05) is 6.07 Å². The van der Waals surface area contributed by atoms with Gasteiger partial charge in [-0.05, 0) is 43.0 Å². The van der Waals surface area contributed by atoms with Crippen LogP contribution in [-0.4, -0.2) is 17.6 Å². The molecule has 0 radical (unpaired) electrons. The van der Waals surface area contributed by atoms with E-state index in [-0.39, 0.29) is 18.4 Å². The summed E-state index contributed by atoms with van der Waals surface area (Å²) in [5.74, 6) is 0.740. The van der Waals surface area contributed by atoms with Crippen LogP contribution in [-0.2, 0) is 11.3 Å². The summed E-state index contributed by atoms with van der Waals surface area (Å²) in [6, 6.07) is 4.03. The van der Waals surface area contributed by atoms with Crippen molar-refractivity contribution in [1.82, 2.24) is 5.32 Å². The molecule has 1 aromatic rings. The van der Waals surface area contributed by atoms with Gasteiger partial charge in [-0.25, -0.2) is 0 Å². The molecular formula is C13H19NO2S. The lowest BCUT2D eigenvalue weighted by Crippen LogP contribution is -2.33. The van der Waals surface area contributed by atoms with Crippen LogP contribution >= 0.6 is 11.3 Å². The molecule has 0 spiro atoms. The fourth-order valence-electron chi connectivity index (χ4n) is 2.34. The standard InChI is InChI=1S/C13H19NO2S/c15-9-10-3-5-11(6-4-10)13(16)14-8-12-2-1-7-17-12/h1-2,7,10-11,15H,3-6,8-9H2,(H,14,16). The van der Waals surface area contributed by atoms with Gasteiger partial charge in [0.2, 0.25) is 5.91 Å². The summed E-state index contributed by atoms with van der Waals surface area (Å²) in [5.41, 5.74) is 0. The number of aliphatic hydroxyl groups excluding tert-OH is 1. The number of amides is 1. The van der Waals surface area contributed by atoms with Crippen molar-refractivity contribution in [2.75, 3.05) is 6.61 Å². The van der Waals surface area contributed by atoms with Crippen molar-refractivity contribution in [2.24, 2.45) is 11.8 Å². The maximum absolute atomic E-state index is 11.9. The van der Waals surface area contributed by atoms with Gasteiger partial charge in [-0.3, -0.25) is 4.79 Å². The molecular weight excluding hydrogens is 234 g/mol. The Labute approximate surface area is 106 Å². The first-order chi connectivity index (χ1) is 8.29. The van der Waals surface area contributed by atoms with Gasteiger partial charge in [0.25, 0.3) is 0 Å². The van der Waals surface area contributed by atoms with Crippen LogP contribution in [0.25, 0.3) is 0 Å². The molecule has 0 aromatic carbocycles. The lowest BCUT2D eigenvalue weighted by Gasteiger charge is -2.26. The predicted octanol–water partition coefficient (Wildman–Crippen LogP) is 2.16. The Morgan fingerprint density at radius 3 is 2.76 bits per heavy atom. The van der Waals surface area contributed by atoms with Crippen LogP contribution in [0.15, 0.2) is 17.5 Å². The van der Waals surface area contributed by atoms with Crippen molar-refractivity contribution in [3.8, 4) is 0 Å². The van der Waals surface area contributed by atoms with E-state index in [2.05, 4.69) is 5.32 Å². The average Bonchev–Trinajstić information content (AvgIpc) is 2.89. The van der Waals surface area contributed by atoms with Gasteiger partial charge < -0.3 is 10.4 Å². The quantitative estimate of drug-likeness (QED) is 0.864.